The van der Waals surface area contributed by atoms with Gasteiger partial charge in [0.1, 0.15) is 10.7 Å². The number of allylic oxidation sites excluding steroid dienone is 1. The fourth-order valence-corrected chi connectivity index (χ4v) is 1.97. The van der Waals surface area contributed by atoms with E-state index in [9.17, 15) is 22.4 Å². The maximum atomic E-state index is 12.8. The van der Waals surface area contributed by atoms with E-state index >= 15 is 0 Å². The largest absolute Gasteiger partial charge is 0.462 e. The van der Waals surface area contributed by atoms with Crippen LogP contribution in [0.2, 0.25) is 0 Å². The van der Waals surface area contributed by atoms with Gasteiger partial charge in [-0.1, -0.05) is 0 Å². The van der Waals surface area contributed by atoms with Crippen LogP contribution in [0.5, 0.6) is 0 Å². The van der Waals surface area contributed by atoms with Crippen molar-refractivity contribution in [1.82, 2.24) is 0 Å². The number of anilines is 1. The molecule has 0 unspecified atom stereocenters. The van der Waals surface area contributed by atoms with Crippen LogP contribution in [0, 0.1) is 5.82 Å². The predicted molar refractivity (Wildman–Crippen MR) is 73.0 cm³/mol. The highest BCUT2D eigenvalue weighted by Gasteiger charge is 2.34. The normalized spacial score (nSPS) is 12.7. The number of benzene rings is 1. The number of alkyl halides is 3. The second kappa shape index (κ2) is 7.35. The van der Waals surface area contributed by atoms with E-state index in [2.05, 4.69) is 10.1 Å². The molecule has 0 fully saturated rings. The van der Waals surface area contributed by atoms with Gasteiger partial charge in [0.25, 0.3) is 0 Å². The van der Waals surface area contributed by atoms with E-state index in [1.807, 2.05) is 0 Å². The minimum atomic E-state index is -4.62. The first-order chi connectivity index (χ1) is 9.73. The van der Waals surface area contributed by atoms with Crippen LogP contribution in [0.4, 0.5) is 23.2 Å². The zero-order chi connectivity index (χ0) is 16.0. The Balaban J connectivity index is 3.01. The van der Waals surface area contributed by atoms with Gasteiger partial charge in [-0.3, -0.25) is 0 Å². The quantitative estimate of drug-likeness (QED) is 0.498. The monoisotopic (exact) mass is 323 g/mol. The number of nitrogens with one attached hydrogen (secondary N) is 1. The zero-order valence-corrected chi connectivity index (χ0v) is 12.1. The summed E-state index contributed by atoms with van der Waals surface area (Å²) in [7, 11) is 0. The number of carbonyl (C=O) groups excluding carboxylic acids is 1. The van der Waals surface area contributed by atoms with Gasteiger partial charge in [0.05, 0.1) is 6.61 Å². The molecule has 0 aromatic heterocycles. The fraction of sp³-hybridized carbons (Fsp3) is 0.308. The summed E-state index contributed by atoms with van der Waals surface area (Å²) >= 11 is -0.551. The molecule has 3 nitrogen and oxygen atoms in total. The SMILES string of the molecule is CCOC(=O)/C(SC(F)(F)F)=C(\C)Nc1ccc(F)cc1. The molecule has 116 valence electrons. The van der Waals surface area contributed by atoms with Crippen LogP contribution in [0.1, 0.15) is 13.8 Å². The van der Waals surface area contributed by atoms with Gasteiger partial charge in [-0.15, -0.1) is 0 Å². The van der Waals surface area contributed by atoms with E-state index in [0.29, 0.717) is 5.69 Å². The van der Waals surface area contributed by atoms with Crippen molar-refractivity contribution in [1.29, 1.82) is 0 Å². The number of carbonyl (C=O) groups is 1. The number of esters is 1. The van der Waals surface area contributed by atoms with Crippen LogP contribution < -0.4 is 5.32 Å². The molecule has 0 saturated carbocycles. The van der Waals surface area contributed by atoms with Gasteiger partial charge in [0.2, 0.25) is 0 Å². The number of thioether (sulfide) groups is 1. The second-order valence-electron chi connectivity index (χ2n) is 3.85. The molecule has 0 bridgehead atoms. The van der Waals surface area contributed by atoms with E-state index < -0.39 is 34.0 Å². The molecule has 0 aliphatic heterocycles. The molecular formula is C13H13F4NO2S. The molecule has 21 heavy (non-hydrogen) atoms. The summed E-state index contributed by atoms with van der Waals surface area (Å²) in [6.07, 6.45) is 0. The third kappa shape index (κ3) is 6.07. The summed E-state index contributed by atoms with van der Waals surface area (Å²) in [5, 5.41) is 2.62. The molecule has 1 aromatic rings. The van der Waals surface area contributed by atoms with Crippen LogP contribution >= 0.6 is 11.8 Å². The fourth-order valence-electron chi connectivity index (χ4n) is 1.39. The summed E-state index contributed by atoms with van der Waals surface area (Å²) in [4.78, 5) is 11.0. The molecule has 0 aliphatic carbocycles. The van der Waals surface area contributed by atoms with Crippen LogP contribution in [0.15, 0.2) is 34.9 Å². The number of hydrogen-bond donors (Lipinski definition) is 1. The molecule has 8 heteroatoms. The van der Waals surface area contributed by atoms with Crippen LogP contribution in [0.25, 0.3) is 0 Å². The Morgan fingerprint density at radius 2 is 1.86 bits per heavy atom. The van der Waals surface area contributed by atoms with Crippen molar-refractivity contribution < 1.29 is 27.1 Å². The third-order valence-corrected chi connectivity index (χ3v) is 3.10. The highest BCUT2D eigenvalue weighted by atomic mass is 32.2. The van der Waals surface area contributed by atoms with Crippen molar-refractivity contribution in [2.24, 2.45) is 0 Å². The molecule has 0 saturated heterocycles. The lowest BCUT2D eigenvalue weighted by atomic mass is 10.3. The number of rotatable bonds is 5. The van der Waals surface area contributed by atoms with Crippen LogP contribution in [0.3, 0.4) is 0 Å². The topological polar surface area (TPSA) is 38.3 Å². The molecule has 1 rings (SSSR count). The van der Waals surface area contributed by atoms with Crippen molar-refractivity contribution in [3.63, 3.8) is 0 Å². The van der Waals surface area contributed by atoms with E-state index in [1.54, 1.807) is 0 Å². The predicted octanol–water partition coefficient (Wildman–Crippen LogP) is 4.29. The first kappa shape index (κ1) is 17.4. The van der Waals surface area contributed by atoms with Crippen molar-refractivity contribution >= 4 is 23.4 Å². The van der Waals surface area contributed by atoms with Gasteiger partial charge in [-0.2, -0.15) is 13.2 Å². The van der Waals surface area contributed by atoms with Crippen molar-refractivity contribution in [3.8, 4) is 0 Å². The molecule has 0 heterocycles. The van der Waals surface area contributed by atoms with E-state index in [1.165, 1.54) is 26.0 Å². The Bertz CT molecular complexity index is 526. The van der Waals surface area contributed by atoms with Crippen LogP contribution in [-0.4, -0.2) is 18.1 Å². The molecule has 0 spiro atoms. The first-order valence-corrected chi connectivity index (χ1v) is 6.71. The third-order valence-electron chi connectivity index (χ3n) is 2.20. The number of halogens is 4. The second-order valence-corrected chi connectivity index (χ2v) is 4.93. The number of hydrogen-bond acceptors (Lipinski definition) is 4. The lowest BCUT2D eigenvalue weighted by Crippen LogP contribution is -2.14. The Morgan fingerprint density at radius 3 is 2.33 bits per heavy atom. The average molecular weight is 323 g/mol. The van der Waals surface area contributed by atoms with E-state index in [4.69, 9.17) is 0 Å². The van der Waals surface area contributed by atoms with Gasteiger partial charge >= 0.3 is 11.5 Å². The van der Waals surface area contributed by atoms with Gasteiger partial charge in [0.15, 0.2) is 0 Å². The highest BCUT2D eigenvalue weighted by Crippen LogP contribution is 2.38. The molecule has 0 radical (unpaired) electrons. The van der Waals surface area contributed by atoms with Gasteiger partial charge in [-0.05, 0) is 49.9 Å². The van der Waals surface area contributed by atoms with Crippen molar-refractivity contribution in [2.45, 2.75) is 19.4 Å². The molecule has 0 atom stereocenters. The summed E-state index contributed by atoms with van der Waals surface area (Å²) in [6, 6.07) is 4.99. The summed E-state index contributed by atoms with van der Waals surface area (Å²) in [5.74, 6) is -1.54. The zero-order valence-electron chi connectivity index (χ0n) is 11.3. The minimum Gasteiger partial charge on any atom is -0.462 e. The minimum absolute atomic E-state index is 0.0256. The van der Waals surface area contributed by atoms with Crippen molar-refractivity contribution in [2.75, 3.05) is 11.9 Å². The standard InChI is InChI=1S/C13H13F4NO2S/c1-3-20-12(19)11(21-13(15,16)17)8(2)18-10-6-4-9(14)5-7-10/h4-7,18H,3H2,1-2H3/b11-8-. The Kier molecular flexibility index (Phi) is 6.07. The van der Waals surface area contributed by atoms with Gasteiger partial charge in [0, 0.05) is 11.4 Å². The summed E-state index contributed by atoms with van der Waals surface area (Å²) < 4.78 is 54.9. The first-order valence-electron chi connectivity index (χ1n) is 5.89. The Morgan fingerprint density at radius 1 is 1.29 bits per heavy atom. The van der Waals surface area contributed by atoms with E-state index in [0.717, 1.165) is 12.1 Å². The molecule has 0 amide bonds. The molecule has 1 aromatic carbocycles. The Labute approximate surface area is 123 Å². The smallest absolute Gasteiger partial charge is 0.446 e. The molecule has 0 aliphatic rings. The highest BCUT2D eigenvalue weighted by molar-refractivity contribution is 8.04. The Hall–Kier alpha value is -1.70. The van der Waals surface area contributed by atoms with E-state index in [-0.39, 0.29) is 12.3 Å². The average Bonchev–Trinajstić information content (AvgIpc) is 2.38. The van der Waals surface area contributed by atoms with Crippen LogP contribution in [-0.2, 0) is 9.53 Å². The lowest BCUT2D eigenvalue weighted by Gasteiger charge is -2.14. The van der Waals surface area contributed by atoms with Gasteiger partial charge in [-0.25, -0.2) is 9.18 Å². The summed E-state index contributed by atoms with van der Waals surface area (Å²) in [5.41, 5.74) is -4.28. The number of ether oxygens (including phenoxy) is 1. The maximum absolute atomic E-state index is 12.8. The van der Waals surface area contributed by atoms with Crippen molar-refractivity contribution in [3.05, 3.63) is 40.7 Å². The molecule has 1 N–H and O–H groups in total. The lowest BCUT2D eigenvalue weighted by molar-refractivity contribution is -0.137. The summed E-state index contributed by atoms with van der Waals surface area (Å²) in [6.45, 7) is 2.77. The van der Waals surface area contributed by atoms with Gasteiger partial charge < -0.3 is 10.1 Å². The maximum Gasteiger partial charge on any atom is 0.446 e. The molecular weight excluding hydrogens is 310 g/mol.